The molecule has 0 saturated carbocycles. The molecule has 0 bridgehead atoms. The highest BCUT2D eigenvalue weighted by Crippen LogP contribution is 2.35. The molecule has 2 aromatic heterocycles. The van der Waals surface area contributed by atoms with Crippen molar-refractivity contribution in [3.63, 3.8) is 0 Å². The Morgan fingerprint density at radius 2 is 1.92 bits per heavy atom. The summed E-state index contributed by atoms with van der Waals surface area (Å²) in [6.07, 6.45) is -4.72. The largest absolute Gasteiger partial charge is 0.416 e. The number of benzene rings is 1. The molecule has 2 heterocycles. The SMILES string of the molecule is O=c1[nH]nc(-c2cc(NS(=O)(=O)c3ccc(Br)s3)cc(C(F)(F)F)c2)[nH]1. The lowest BCUT2D eigenvalue weighted by Crippen LogP contribution is -2.13. The van der Waals surface area contributed by atoms with Crippen LogP contribution in [0.3, 0.4) is 0 Å². The highest BCUT2D eigenvalue weighted by molar-refractivity contribution is 9.11. The maximum Gasteiger partial charge on any atom is 0.416 e. The Balaban J connectivity index is 2.07. The second-order valence-corrected chi connectivity index (χ2v) is 9.36. The van der Waals surface area contributed by atoms with Gasteiger partial charge in [-0.25, -0.2) is 18.3 Å². The van der Waals surface area contributed by atoms with Gasteiger partial charge in [0.15, 0.2) is 5.82 Å². The van der Waals surface area contributed by atoms with Gasteiger partial charge in [-0.1, -0.05) is 0 Å². The first-order chi connectivity index (χ1) is 12.0. The zero-order chi connectivity index (χ0) is 19.1. The second-order valence-electron chi connectivity index (χ2n) is 4.99. The molecule has 0 aliphatic rings. The number of hydrogen-bond donors (Lipinski definition) is 3. The number of H-pyrrole nitrogens is 2. The number of rotatable bonds is 4. The summed E-state index contributed by atoms with van der Waals surface area (Å²) in [6, 6.07) is 5.38. The second kappa shape index (κ2) is 6.55. The third kappa shape index (κ3) is 3.99. The molecule has 0 aliphatic carbocycles. The van der Waals surface area contributed by atoms with Crippen LogP contribution in [0.1, 0.15) is 5.56 Å². The van der Waals surface area contributed by atoms with E-state index in [0.29, 0.717) is 9.85 Å². The molecule has 0 unspecified atom stereocenters. The Kier molecular flexibility index (Phi) is 4.71. The smallest absolute Gasteiger partial charge is 0.289 e. The van der Waals surface area contributed by atoms with Gasteiger partial charge in [0.05, 0.1) is 15.0 Å². The van der Waals surface area contributed by atoms with E-state index in [9.17, 15) is 26.4 Å². The molecule has 7 nitrogen and oxygen atoms in total. The van der Waals surface area contributed by atoms with E-state index in [1.54, 1.807) is 0 Å². The van der Waals surface area contributed by atoms with Crippen LogP contribution in [0.2, 0.25) is 0 Å². The van der Waals surface area contributed by atoms with Crippen LogP contribution >= 0.6 is 27.3 Å². The maximum atomic E-state index is 13.1. The fourth-order valence-corrected chi connectivity index (χ4v) is 5.09. The number of nitrogens with zero attached hydrogens (tertiary/aromatic N) is 1. The lowest BCUT2D eigenvalue weighted by molar-refractivity contribution is -0.137. The van der Waals surface area contributed by atoms with Crippen LogP contribution < -0.4 is 10.4 Å². The molecule has 3 N–H and O–H groups in total. The molecule has 0 fully saturated rings. The van der Waals surface area contributed by atoms with E-state index in [0.717, 1.165) is 23.5 Å². The van der Waals surface area contributed by atoms with Crippen LogP contribution in [0.4, 0.5) is 18.9 Å². The Labute approximate surface area is 156 Å². The summed E-state index contributed by atoms with van der Waals surface area (Å²) in [5.74, 6) is -0.152. The number of alkyl halides is 3. The van der Waals surface area contributed by atoms with Crippen LogP contribution in [-0.2, 0) is 16.2 Å². The molecule has 26 heavy (non-hydrogen) atoms. The van der Waals surface area contributed by atoms with Crippen LogP contribution in [0, 0.1) is 0 Å². The van der Waals surface area contributed by atoms with Crippen LogP contribution in [0.5, 0.6) is 0 Å². The van der Waals surface area contributed by atoms with Gasteiger partial charge in [0.1, 0.15) is 4.21 Å². The van der Waals surface area contributed by atoms with Gasteiger partial charge in [0.25, 0.3) is 10.0 Å². The maximum absolute atomic E-state index is 13.1. The van der Waals surface area contributed by atoms with E-state index in [-0.39, 0.29) is 21.3 Å². The van der Waals surface area contributed by atoms with Crippen molar-refractivity contribution in [3.8, 4) is 11.4 Å². The number of aromatic amines is 2. The van der Waals surface area contributed by atoms with Crippen molar-refractivity contribution in [2.75, 3.05) is 4.72 Å². The monoisotopic (exact) mass is 468 g/mol. The van der Waals surface area contributed by atoms with Crippen molar-refractivity contribution in [2.45, 2.75) is 10.4 Å². The molecule has 0 saturated heterocycles. The van der Waals surface area contributed by atoms with E-state index in [4.69, 9.17) is 0 Å². The summed E-state index contributed by atoms with van der Waals surface area (Å²) in [4.78, 5) is 13.4. The van der Waals surface area contributed by atoms with Crippen molar-refractivity contribution in [3.05, 3.63) is 50.2 Å². The summed E-state index contributed by atoms with van der Waals surface area (Å²) in [5.41, 5.74) is -2.22. The molecule has 3 aromatic rings. The fraction of sp³-hybridized carbons (Fsp3) is 0.0769. The predicted octanol–water partition coefficient (Wildman–Crippen LogP) is 3.41. The Hall–Kier alpha value is -2.12. The number of hydrogen-bond acceptors (Lipinski definition) is 5. The lowest BCUT2D eigenvalue weighted by atomic mass is 10.1. The van der Waals surface area contributed by atoms with Crippen molar-refractivity contribution in [2.24, 2.45) is 0 Å². The molecule has 13 heteroatoms. The highest BCUT2D eigenvalue weighted by atomic mass is 79.9. The van der Waals surface area contributed by atoms with Gasteiger partial charge in [-0.15, -0.1) is 11.3 Å². The molecule has 0 aliphatic heterocycles. The highest BCUT2D eigenvalue weighted by Gasteiger charge is 2.32. The lowest BCUT2D eigenvalue weighted by Gasteiger charge is -2.12. The molecular formula is C13H8BrF3N4O3S2. The van der Waals surface area contributed by atoms with Gasteiger partial charge in [0.2, 0.25) is 0 Å². The zero-order valence-corrected chi connectivity index (χ0v) is 15.6. The van der Waals surface area contributed by atoms with Gasteiger partial charge in [-0.3, -0.25) is 9.71 Å². The fourth-order valence-electron chi connectivity index (χ4n) is 2.04. The third-order valence-corrected chi connectivity index (χ3v) is 6.60. The topological polar surface area (TPSA) is 108 Å². The van der Waals surface area contributed by atoms with Gasteiger partial charge < -0.3 is 0 Å². The Morgan fingerprint density at radius 3 is 2.46 bits per heavy atom. The number of thiophene rings is 1. The van der Waals surface area contributed by atoms with Gasteiger partial charge in [-0.05, 0) is 46.3 Å². The summed E-state index contributed by atoms with van der Waals surface area (Å²) < 4.78 is 66.7. The zero-order valence-electron chi connectivity index (χ0n) is 12.4. The van der Waals surface area contributed by atoms with Crippen molar-refractivity contribution in [1.29, 1.82) is 0 Å². The average molecular weight is 469 g/mol. The van der Waals surface area contributed by atoms with Crippen molar-refractivity contribution in [1.82, 2.24) is 15.2 Å². The third-order valence-electron chi connectivity index (χ3n) is 3.10. The quantitative estimate of drug-likeness (QED) is 0.545. The molecule has 0 atom stereocenters. The normalized spacial score (nSPS) is 12.3. The summed E-state index contributed by atoms with van der Waals surface area (Å²) >= 11 is 4.03. The first kappa shape index (κ1) is 18.7. The summed E-state index contributed by atoms with van der Waals surface area (Å²) in [7, 11) is -4.08. The molecule has 0 amide bonds. The Bertz CT molecular complexity index is 1120. The van der Waals surface area contributed by atoms with E-state index in [1.807, 2.05) is 5.10 Å². The minimum absolute atomic E-state index is 0.0727. The predicted molar refractivity (Wildman–Crippen MR) is 92.5 cm³/mol. The summed E-state index contributed by atoms with van der Waals surface area (Å²) in [5, 5.41) is 5.60. The number of nitrogens with one attached hydrogen (secondary N) is 3. The molecule has 1 aromatic carbocycles. The van der Waals surface area contributed by atoms with Gasteiger partial charge in [-0.2, -0.15) is 18.3 Å². The number of halogens is 4. The van der Waals surface area contributed by atoms with Gasteiger partial charge >= 0.3 is 11.9 Å². The van der Waals surface area contributed by atoms with Crippen LogP contribution in [0.15, 0.2) is 43.1 Å². The summed E-state index contributed by atoms with van der Waals surface area (Å²) in [6.45, 7) is 0. The van der Waals surface area contributed by atoms with E-state index in [2.05, 4.69) is 30.7 Å². The van der Waals surface area contributed by atoms with Crippen molar-refractivity contribution >= 4 is 43.0 Å². The van der Waals surface area contributed by atoms with Crippen molar-refractivity contribution < 1.29 is 21.6 Å². The molecule has 0 spiro atoms. The van der Waals surface area contributed by atoms with E-state index in [1.165, 1.54) is 12.1 Å². The standard InChI is InChI=1S/C13H8BrF3N4O3S2/c14-9-1-2-10(25-9)26(23,24)21-8-4-6(11-18-12(22)20-19-11)3-7(5-8)13(15,16)17/h1-5,21H,(H2,18,19,20,22). The Morgan fingerprint density at radius 1 is 1.19 bits per heavy atom. The van der Waals surface area contributed by atoms with Crippen LogP contribution in [-0.4, -0.2) is 23.6 Å². The van der Waals surface area contributed by atoms with Crippen LogP contribution in [0.25, 0.3) is 11.4 Å². The minimum Gasteiger partial charge on any atom is -0.289 e. The number of anilines is 1. The van der Waals surface area contributed by atoms with Gasteiger partial charge in [0, 0.05) is 5.56 Å². The van der Waals surface area contributed by atoms with E-state index < -0.39 is 27.5 Å². The number of aromatic nitrogens is 3. The number of sulfonamides is 1. The molecule has 138 valence electrons. The minimum atomic E-state index is -4.72. The first-order valence-electron chi connectivity index (χ1n) is 6.70. The first-order valence-corrected chi connectivity index (χ1v) is 9.79. The molecule has 0 radical (unpaired) electrons. The average Bonchev–Trinajstić information content (AvgIpc) is 3.14. The van der Waals surface area contributed by atoms with E-state index >= 15 is 0 Å². The molecular weight excluding hydrogens is 461 g/mol. The molecule has 3 rings (SSSR count).